The molecule has 0 unspecified atom stereocenters. The zero-order chi connectivity index (χ0) is 15.2. The van der Waals surface area contributed by atoms with E-state index in [0.29, 0.717) is 0 Å². The number of fused-ring (bicyclic) bond motifs is 2. The van der Waals surface area contributed by atoms with Crippen molar-refractivity contribution in [2.45, 2.75) is 6.42 Å². The van der Waals surface area contributed by atoms with Crippen LogP contribution in [-0.4, -0.2) is 0 Å². The summed E-state index contributed by atoms with van der Waals surface area (Å²) in [4.78, 5) is 0. The molecule has 2 aromatic heterocycles. The summed E-state index contributed by atoms with van der Waals surface area (Å²) in [5.74, 6) is 1.88. The lowest BCUT2D eigenvalue weighted by molar-refractivity contribution is 0.552. The van der Waals surface area contributed by atoms with Gasteiger partial charge in [0.25, 0.3) is 0 Å². The first kappa shape index (κ1) is 12.5. The van der Waals surface area contributed by atoms with E-state index < -0.39 is 0 Å². The van der Waals surface area contributed by atoms with Crippen LogP contribution in [0.4, 0.5) is 0 Å². The van der Waals surface area contributed by atoms with Gasteiger partial charge in [-0.2, -0.15) is 0 Å². The first-order valence-electron chi connectivity index (χ1n) is 7.73. The van der Waals surface area contributed by atoms with Crippen molar-refractivity contribution in [2.24, 2.45) is 0 Å². The first-order valence-corrected chi connectivity index (χ1v) is 7.73. The van der Waals surface area contributed by atoms with Crippen molar-refractivity contribution >= 4 is 22.4 Å². The molecular formula is C21H14O2. The number of furan rings is 2. The molecule has 0 N–H and O–H groups in total. The molecule has 1 aliphatic rings. The maximum absolute atomic E-state index is 5.90. The third-order valence-corrected chi connectivity index (χ3v) is 4.49. The average Bonchev–Trinajstić information content (AvgIpc) is 3.32. The summed E-state index contributed by atoms with van der Waals surface area (Å²) in [7, 11) is 0. The van der Waals surface area contributed by atoms with Crippen LogP contribution in [0.25, 0.3) is 33.7 Å². The summed E-state index contributed by atoms with van der Waals surface area (Å²) in [5, 5.41) is 2.29. The number of rotatable bonds is 2. The molecule has 0 saturated heterocycles. The Morgan fingerprint density at radius 2 is 1.78 bits per heavy atom. The fraction of sp³-hybridized carbons (Fsp3) is 0.0476. The van der Waals surface area contributed by atoms with Crippen molar-refractivity contribution in [3.8, 4) is 11.3 Å². The van der Waals surface area contributed by atoms with Crippen molar-refractivity contribution < 1.29 is 8.83 Å². The maximum Gasteiger partial charge on any atom is 0.142 e. The maximum atomic E-state index is 5.90. The molecule has 0 spiro atoms. The Morgan fingerprint density at radius 1 is 0.826 bits per heavy atom. The molecular weight excluding hydrogens is 284 g/mol. The molecule has 110 valence electrons. The molecule has 4 aromatic rings. The molecule has 2 aromatic carbocycles. The minimum atomic E-state index is 0.898. The lowest BCUT2D eigenvalue weighted by Crippen LogP contribution is -1.86. The standard InChI is InChI=1S/C21H14O2/c1-2-7-17-15(5-1)13-23-21(17)18-8-3-6-14-11-16(12-19(14)18)20-9-4-10-22-20/h1-10,12-13H,11H2. The molecule has 23 heavy (non-hydrogen) atoms. The zero-order valence-corrected chi connectivity index (χ0v) is 12.5. The number of hydrogen-bond acceptors (Lipinski definition) is 2. The summed E-state index contributed by atoms with van der Waals surface area (Å²) >= 11 is 0. The monoisotopic (exact) mass is 298 g/mol. The van der Waals surface area contributed by atoms with Crippen LogP contribution in [0, 0.1) is 0 Å². The van der Waals surface area contributed by atoms with Gasteiger partial charge in [0.2, 0.25) is 0 Å². The number of hydrogen-bond donors (Lipinski definition) is 0. The van der Waals surface area contributed by atoms with Crippen molar-refractivity contribution in [1.82, 2.24) is 0 Å². The predicted molar refractivity (Wildman–Crippen MR) is 91.9 cm³/mol. The van der Waals surface area contributed by atoms with E-state index in [-0.39, 0.29) is 0 Å². The van der Waals surface area contributed by atoms with E-state index in [0.717, 1.165) is 34.3 Å². The second-order valence-electron chi connectivity index (χ2n) is 5.85. The number of allylic oxidation sites excluding steroid dienone is 1. The Balaban J connectivity index is 1.71. The molecule has 2 heteroatoms. The van der Waals surface area contributed by atoms with Crippen molar-refractivity contribution in [2.75, 3.05) is 0 Å². The highest BCUT2D eigenvalue weighted by Crippen LogP contribution is 2.40. The quantitative estimate of drug-likeness (QED) is 0.468. The second kappa shape index (κ2) is 4.75. The van der Waals surface area contributed by atoms with E-state index in [9.17, 15) is 0 Å². The van der Waals surface area contributed by atoms with Crippen LogP contribution in [0.3, 0.4) is 0 Å². The van der Waals surface area contributed by atoms with E-state index in [1.54, 1.807) is 6.26 Å². The summed E-state index contributed by atoms with van der Waals surface area (Å²) in [6.45, 7) is 0. The van der Waals surface area contributed by atoms with Gasteiger partial charge in [0.15, 0.2) is 0 Å². The van der Waals surface area contributed by atoms with Gasteiger partial charge in [0, 0.05) is 22.8 Å². The zero-order valence-electron chi connectivity index (χ0n) is 12.5. The Hall–Kier alpha value is -3.00. The highest BCUT2D eigenvalue weighted by molar-refractivity contribution is 5.99. The molecule has 0 aliphatic heterocycles. The molecule has 0 bridgehead atoms. The summed E-state index contributed by atoms with van der Waals surface area (Å²) in [5.41, 5.74) is 4.91. The molecule has 5 rings (SSSR count). The van der Waals surface area contributed by atoms with Crippen LogP contribution in [0.15, 0.2) is 76.0 Å². The van der Waals surface area contributed by atoms with E-state index >= 15 is 0 Å². The van der Waals surface area contributed by atoms with Crippen LogP contribution >= 0.6 is 0 Å². The van der Waals surface area contributed by atoms with Gasteiger partial charge >= 0.3 is 0 Å². The Kier molecular flexibility index (Phi) is 2.59. The van der Waals surface area contributed by atoms with E-state index in [1.165, 1.54) is 16.7 Å². The minimum Gasteiger partial charge on any atom is -0.465 e. The molecule has 0 amide bonds. The van der Waals surface area contributed by atoms with Gasteiger partial charge in [0.05, 0.1) is 12.5 Å². The van der Waals surface area contributed by atoms with Gasteiger partial charge in [-0.15, -0.1) is 0 Å². The molecule has 0 saturated carbocycles. The molecule has 2 nitrogen and oxygen atoms in total. The van der Waals surface area contributed by atoms with Crippen LogP contribution in [-0.2, 0) is 6.42 Å². The normalized spacial score (nSPS) is 13.3. The van der Waals surface area contributed by atoms with E-state index in [2.05, 4.69) is 42.5 Å². The number of benzene rings is 2. The van der Waals surface area contributed by atoms with Gasteiger partial charge in [0.1, 0.15) is 11.5 Å². The van der Waals surface area contributed by atoms with Crippen molar-refractivity contribution in [3.05, 3.63) is 84.0 Å². The van der Waals surface area contributed by atoms with Crippen molar-refractivity contribution in [1.29, 1.82) is 0 Å². The molecule has 2 heterocycles. The predicted octanol–water partition coefficient (Wildman–Crippen LogP) is 5.79. The average molecular weight is 298 g/mol. The van der Waals surface area contributed by atoms with E-state index in [4.69, 9.17) is 8.83 Å². The minimum absolute atomic E-state index is 0.898. The summed E-state index contributed by atoms with van der Waals surface area (Å²) < 4.78 is 11.5. The lowest BCUT2D eigenvalue weighted by atomic mass is 9.99. The second-order valence-corrected chi connectivity index (χ2v) is 5.85. The SMILES string of the molecule is C1=C(c2ccco2)Cc2cccc(-c3occ4ccccc34)c21. The van der Waals surface area contributed by atoms with Gasteiger partial charge in [-0.1, -0.05) is 42.5 Å². The Labute approximate surface area is 133 Å². The first-order chi connectivity index (χ1) is 11.4. The molecule has 0 atom stereocenters. The Bertz CT molecular complexity index is 1030. The van der Waals surface area contributed by atoms with Gasteiger partial charge in [-0.25, -0.2) is 0 Å². The fourth-order valence-corrected chi connectivity index (χ4v) is 3.39. The fourth-order valence-electron chi connectivity index (χ4n) is 3.39. The Morgan fingerprint density at radius 3 is 2.70 bits per heavy atom. The summed E-state index contributed by atoms with van der Waals surface area (Å²) in [6, 6.07) is 18.6. The van der Waals surface area contributed by atoms with Crippen LogP contribution in [0.5, 0.6) is 0 Å². The highest BCUT2D eigenvalue weighted by Gasteiger charge is 2.21. The topological polar surface area (TPSA) is 26.3 Å². The van der Waals surface area contributed by atoms with Crippen LogP contribution in [0.2, 0.25) is 0 Å². The van der Waals surface area contributed by atoms with Gasteiger partial charge in [-0.3, -0.25) is 0 Å². The van der Waals surface area contributed by atoms with Crippen molar-refractivity contribution in [3.63, 3.8) is 0 Å². The van der Waals surface area contributed by atoms with E-state index in [1.807, 2.05) is 24.5 Å². The smallest absolute Gasteiger partial charge is 0.142 e. The molecule has 1 aliphatic carbocycles. The highest BCUT2D eigenvalue weighted by atomic mass is 16.3. The van der Waals surface area contributed by atoms with Crippen LogP contribution in [0.1, 0.15) is 16.9 Å². The largest absolute Gasteiger partial charge is 0.465 e. The third kappa shape index (κ3) is 1.88. The summed E-state index contributed by atoms with van der Waals surface area (Å²) in [6.07, 6.45) is 6.67. The molecule has 0 radical (unpaired) electrons. The van der Waals surface area contributed by atoms with Gasteiger partial charge < -0.3 is 8.83 Å². The molecule has 0 fully saturated rings. The van der Waals surface area contributed by atoms with Crippen LogP contribution < -0.4 is 0 Å². The van der Waals surface area contributed by atoms with Gasteiger partial charge in [-0.05, 0) is 34.9 Å². The lowest BCUT2D eigenvalue weighted by Gasteiger charge is -2.05. The third-order valence-electron chi connectivity index (χ3n) is 4.49.